The molecule has 0 bridgehead atoms. The van der Waals surface area contributed by atoms with Crippen LogP contribution in [0.4, 0.5) is 11.4 Å². The maximum absolute atomic E-state index is 11.8. The average molecular weight is 340 g/mol. The van der Waals surface area contributed by atoms with Gasteiger partial charge in [0, 0.05) is 35.9 Å². The molecule has 20 heavy (non-hydrogen) atoms. The average Bonchev–Trinajstić information content (AvgIpc) is 2.68. The third-order valence-electron chi connectivity index (χ3n) is 3.72. The molecular weight excluding hydrogens is 326 g/mol. The molecule has 1 fully saturated rings. The van der Waals surface area contributed by atoms with Crippen LogP contribution in [-0.2, 0) is 9.59 Å². The molecule has 1 saturated heterocycles. The van der Waals surface area contributed by atoms with Gasteiger partial charge in [0.2, 0.25) is 5.91 Å². The summed E-state index contributed by atoms with van der Waals surface area (Å²) in [6, 6.07) is 3.53. The van der Waals surface area contributed by atoms with Crippen molar-refractivity contribution in [2.24, 2.45) is 0 Å². The van der Waals surface area contributed by atoms with E-state index in [0.29, 0.717) is 24.3 Å². The number of fused-ring (bicyclic) bond motifs is 1. The second-order valence-electron chi connectivity index (χ2n) is 5.02. The molecule has 2 amide bonds. The molecule has 2 heterocycles. The summed E-state index contributed by atoms with van der Waals surface area (Å²) >= 11 is 3.45. The number of rotatable bonds is 1. The van der Waals surface area contributed by atoms with Crippen LogP contribution in [0.25, 0.3) is 0 Å². The van der Waals surface area contributed by atoms with Gasteiger partial charge in [0.1, 0.15) is 0 Å². The molecule has 2 aliphatic heterocycles. The number of hydrogen-bond acceptors (Lipinski definition) is 4. The summed E-state index contributed by atoms with van der Waals surface area (Å²) in [5, 5.41) is 12.4. The molecule has 0 radical (unpaired) electrons. The van der Waals surface area contributed by atoms with Crippen molar-refractivity contribution in [1.82, 2.24) is 4.90 Å². The van der Waals surface area contributed by atoms with Gasteiger partial charge < -0.3 is 20.2 Å². The second-order valence-corrected chi connectivity index (χ2v) is 5.87. The molecule has 7 heteroatoms. The first-order valence-corrected chi connectivity index (χ1v) is 7.08. The molecule has 3 rings (SSSR count). The SMILES string of the molecule is CN1CCN(c2cc3c(cc2Br)C(O)C(=O)N3)CC1=O. The number of hydrogen-bond donors (Lipinski definition) is 2. The zero-order valence-corrected chi connectivity index (χ0v) is 12.5. The number of likely N-dealkylation sites (N-methyl/N-ethyl adjacent to an activating group) is 1. The lowest BCUT2D eigenvalue weighted by molar-refractivity contribution is -0.129. The Morgan fingerprint density at radius 3 is 2.80 bits per heavy atom. The number of amides is 2. The number of halogens is 1. The fourth-order valence-corrected chi connectivity index (χ4v) is 3.07. The highest BCUT2D eigenvalue weighted by Crippen LogP contribution is 2.39. The minimum Gasteiger partial charge on any atom is -0.378 e. The van der Waals surface area contributed by atoms with Crippen molar-refractivity contribution in [3.05, 3.63) is 22.2 Å². The first-order chi connectivity index (χ1) is 9.47. The van der Waals surface area contributed by atoms with Crippen LogP contribution in [0.3, 0.4) is 0 Å². The van der Waals surface area contributed by atoms with Crippen LogP contribution in [-0.4, -0.2) is 48.5 Å². The Labute approximate surface area is 124 Å². The fourth-order valence-electron chi connectivity index (χ4n) is 2.46. The largest absolute Gasteiger partial charge is 0.378 e. The van der Waals surface area contributed by atoms with E-state index in [-0.39, 0.29) is 5.91 Å². The molecule has 0 aliphatic carbocycles. The second kappa shape index (κ2) is 4.75. The van der Waals surface area contributed by atoms with Gasteiger partial charge in [0.15, 0.2) is 6.10 Å². The van der Waals surface area contributed by atoms with Crippen LogP contribution < -0.4 is 10.2 Å². The summed E-state index contributed by atoms with van der Waals surface area (Å²) in [5.41, 5.74) is 2.01. The van der Waals surface area contributed by atoms with Gasteiger partial charge in [0.05, 0.1) is 12.2 Å². The van der Waals surface area contributed by atoms with Gasteiger partial charge in [-0.2, -0.15) is 0 Å². The molecule has 106 valence electrons. The van der Waals surface area contributed by atoms with Crippen molar-refractivity contribution in [1.29, 1.82) is 0 Å². The Morgan fingerprint density at radius 1 is 1.35 bits per heavy atom. The lowest BCUT2D eigenvalue weighted by atomic mass is 10.1. The number of carbonyl (C=O) groups is 2. The van der Waals surface area contributed by atoms with E-state index in [2.05, 4.69) is 21.2 Å². The third-order valence-corrected chi connectivity index (χ3v) is 4.35. The maximum atomic E-state index is 11.8. The highest BCUT2D eigenvalue weighted by molar-refractivity contribution is 9.10. The zero-order valence-electron chi connectivity index (χ0n) is 10.9. The van der Waals surface area contributed by atoms with Gasteiger partial charge >= 0.3 is 0 Å². The number of nitrogens with zero attached hydrogens (tertiary/aromatic N) is 2. The molecule has 2 aliphatic rings. The number of aliphatic hydroxyl groups is 1. The van der Waals surface area contributed by atoms with Crippen molar-refractivity contribution in [3.63, 3.8) is 0 Å². The molecule has 0 spiro atoms. The summed E-state index contributed by atoms with van der Waals surface area (Å²) in [7, 11) is 1.79. The van der Waals surface area contributed by atoms with Gasteiger partial charge in [-0.25, -0.2) is 0 Å². The molecule has 1 aromatic carbocycles. The van der Waals surface area contributed by atoms with Crippen molar-refractivity contribution in [2.75, 3.05) is 36.9 Å². The highest BCUT2D eigenvalue weighted by Gasteiger charge is 2.31. The lowest BCUT2D eigenvalue weighted by Gasteiger charge is -2.34. The highest BCUT2D eigenvalue weighted by atomic mass is 79.9. The normalized spacial score (nSPS) is 22.1. The summed E-state index contributed by atoms with van der Waals surface area (Å²) < 4.78 is 0.768. The minimum absolute atomic E-state index is 0.0627. The Bertz CT molecular complexity index is 605. The Morgan fingerprint density at radius 2 is 2.10 bits per heavy atom. The predicted molar refractivity (Wildman–Crippen MR) is 77.6 cm³/mol. The van der Waals surface area contributed by atoms with Crippen molar-refractivity contribution < 1.29 is 14.7 Å². The first-order valence-electron chi connectivity index (χ1n) is 6.28. The van der Waals surface area contributed by atoms with Gasteiger partial charge in [-0.15, -0.1) is 0 Å². The summed E-state index contributed by atoms with van der Waals surface area (Å²) in [4.78, 5) is 26.9. The number of nitrogens with one attached hydrogen (secondary N) is 1. The smallest absolute Gasteiger partial charge is 0.257 e. The minimum atomic E-state index is -1.12. The van der Waals surface area contributed by atoms with Crippen molar-refractivity contribution >= 4 is 39.1 Å². The molecule has 1 atom stereocenters. The van der Waals surface area contributed by atoms with E-state index >= 15 is 0 Å². The monoisotopic (exact) mass is 339 g/mol. The quantitative estimate of drug-likeness (QED) is 0.790. The van der Waals surface area contributed by atoms with Crippen LogP contribution >= 0.6 is 15.9 Å². The number of aliphatic hydroxyl groups excluding tert-OH is 1. The number of piperazine rings is 1. The van der Waals surface area contributed by atoms with Crippen LogP contribution in [0.2, 0.25) is 0 Å². The number of carbonyl (C=O) groups excluding carboxylic acids is 2. The van der Waals surface area contributed by atoms with Gasteiger partial charge in [-0.1, -0.05) is 0 Å². The molecule has 1 unspecified atom stereocenters. The van der Waals surface area contributed by atoms with E-state index in [0.717, 1.165) is 16.7 Å². The number of benzene rings is 1. The Balaban J connectivity index is 1.94. The van der Waals surface area contributed by atoms with Crippen LogP contribution in [0.5, 0.6) is 0 Å². The number of anilines is 2. The van der Waals surface area contributed by atoms with E-state index in [9.17, 15) is 14.7 Å². The topological polar surface area (TPSA) is 72.9 Å². The summed E-state index contributed by atoms with van der Waals surface area (Å²) in [5.74, 6) is -0.355. The van der Waals surface area contributed by atoms with Gasteiger partial charge in [-0.05, 0) is 28.1 Å². The van der Waals surface area contributed by atoms with E-state index < -0.39 is 12.0 Å². The van der Waals surface area contributed by atoms with Gasteiger partial charge in [-0.3, -0.25) is 9.59 Å². The molecule has 2 N–H and O–H groups in total. The van der Waals surface area contributed by atoms with E-state index in [1.165, 1.54) is 0 Å². The van der Waals surface area contributed by atoms with Crippen LogP contribution in [0, 0.1) is 0 Å². The zero-order chi connectivity index (χ0) is 14.4. The van der Waals surface area contributed by atoms with Crippen LogP contribution in [0.1, 0.15) is 11.7 Å². The summed E-state index contributed by atoms with van der Waals surface area (Å²) in [6.45, 7) is 1.71. The molecule has 0 aromatic heterocycles. The van der Waals surface area contributed by atoms with Crippen molar-refractivity contribution in [3.8, 4) is 0 Å². The Kier molecular flexibility index (Phi) is 3.18. The van der Waals surface area contributed by atoms with E-state index in [4.69, 9.17) is 0 Å². The fraction of sp³-hybridized carbons (Fsp3) is 0.385. The molecular formula is C13H14BrN3O3. The van der Waals surface area contributed by atoms with E-state index in [1.807, 2.05) is 4.90 Å². The summed E-state index contributed by atoms with van der Waals surface area (Å²) in [6.07, 6.45) is -1.12. The molecule has 6 nitrogen and oxygen atoms in total. The first kappa shape index (κ1) is 13.4. The maximum Gasteiger partial charge on any atom is 0.257 e. The molecule has 0 saturated carbocycles. The molecule has 1 aromatic rings. The van der Waals surface area contributed by atoms with Crippen molar-refractivity contribution in [2.45, 2.75) is 6.10 Å². The van der Waals surface area contributed by atoms with Gasteiger partial charge in [0.25, 0.3) is 5.91 Å². The standard InChI is InChI=1S/C13H14BrN3O3/c1-16-2-3-17(6-11(16)18)10-5-9-7(4-8(10)14)12(19)13(20)15-9/h4-5,12,19H,2-3,6H2,1H3,(H,15,20). The predicted octanol–water partition coefficient (Wildman–Crippen LogP) is 0.713. The third kappa shape index (κ3) is 2.06. The van der Waals surface area contributed by atoms with E-state index in [1.54, 1.807) is 24.1 Å². The Hall–Kier alpha value is -1.60. The van der Waals surface area contributed by atoms with Crippen LogP contribution in [0.15, 0.2) is 16.6 Å². The lowest BCUT2D eigenvalue weighted by Crippen LogP contribution is -2.48.